The largest absolute Gasteiger partial charge is 0.391 e. The first kappa shape index (κ1) is 14.3. The van der Waals surface area contributed by atoms with Crippen molar-refractivity contribution in [2.24, 2.45) is 11.7 Å². The molecule has 108 valence electrons. The Hall–Kier alpha value is -1.11. The van der Waals surface area contributed by atoms with Gasteiger partial charge in [0.15, 0.2) is 5.82 Å². The van der Waals surface area contributed by atoms with E-state index in [1.807, 2.05) is 6.92 Å². The summed E-state index contributed by atoms with van der Waals surface area (Å²) in [6.45, 7) is 2.24. The van der Waals surface area contributed by atoms with Crippen LogP contribution in [-0.4, -0.2) is 22.9 Å². The average Bonchev–Trinajstić information content (AvgIpc) is 2.86. The van der Waals surface area contributed by atoms with Gasteiger partial charge in [-0.3, -0.25) is 0 Å². The van der Waals surface area contributed by atoms with E-state index in [0.29, 0.717) is 31.1 Å². The van der Waals surface area contributed by atoms with Crippen molar-refractivity contribution in [2.45, 2.75) is 50.6 Å². The molecule has 1 fully saturated rings. The minimum absolute atomic E-state index is 0.0421. The zero-order valence-electron chi connectivity index (χ0n) is 10.8. The van der Waals surface area contributed by atoms with Gasteiger partial charge in [-0.05, 0) is 19.3 Å². The summed E-state index contributed by atoms with van der Waals surface area (Å²) in [5.74, 6) is -0.782. The van der Waals surface area contributed by atoms with Gasteiger partial charge in [0, 0.05) is 18.4 Å². The van der Waals surface area contributed by atoms with E-state index < -0.39 is 12.1 Å². The molecule has 1 aromatic heterocycles. The molecule has 0 radical (unpaired) electrons. The zero-order chi connectivity index (χ0) is 14.0. The molecule has 4 nitrogen and oxygen atoms in total. The number of aromatic nitrogens is 2. The first-order chi connectivity index (χ1) is 8.91. The quantitative estimate of drug-likeness (QED) is 0.922. The second-order valence-electron chi connectivity index (χ2n) is 5.23. The first-order valence-electron chi connectivity index (χ1n) is 6.52. The predicted octanol–water partition coefficient (Wildman–Crippen LogP) is 2.97. The molecule has 1 aliphatic carbocycles. The lowest BCUT2D eigenvalue weighted by atomic mass is 9.81. The van der Waals surface area contributed by atoms with Gasteiger partial charge >= 0.3 is 6.18 Å². The molecule has 2 N–H and O–H groups in total. The number of rotatable bonds is 3. The summed E-state index contributed by atoms with van der Waals surface area (Å²) in [5.41, 5.74) is 5.50. The van der Waals surface area contributed by atoms with Crippen LogP contribution in [0.2, 0.25) is 0 Å². The van der Waals surface area contributed by atoms with Crippen LogP contribution in [0.15, 0.2) is 4.52 Å². The third-order valence-corrected chi connectivity index (χ3v) is 3.74. The minimum Gasteiger partial charge on any atom is -0.339 e. The molecule has 19 heavy (non-hydrogen) atoms. The number of hydrogen-bond acceptors (Lipinski definition) is 4. The Morgan fingerprint density at radius 2 is 2.16 bits per heavy atom. The Balaban J connectivity index is 2.07. The van der Waals surface area contributed by atoms with E-state index in [2.05, 4.69) is 10.1 Å². The van der Waals surface area contributed by atoms with Gasteiger partial charge in [-0.2, -0.15) is 18.2 Å². The van der Waals surface area contributed by atoms with Gasteiger partial charge in [-0.25, -0.2) is 0 Å². The molecule has 1 heterocycles. The molecule has 1 aromatic rings. The molecule has 0 amide bonds. The van der Waals surface area contributed by atoms with Crippen LogP contribution in [-0.2, 0) is 0 Å². The topological polar surface area (TPSA) is 64.9 Å². The van der Waals surface area contributed by atoms with E-state index >= 15 is 0 Å². The Morgan fingerprint density at radius 3 is 2.79 bits per heavy atom. The summed E-state index contributed by atoms with van der Waals surface area (Å²) in [6, 6.07) is 0. The molecule has 1 aliphatic rings. The molecule has 0 aromatic carbocycles. The Kier molecular flexibility index (Phi) is 4.13. The number of alkyl halides is 3. The fourth-order valence-electron chi connectivity index (χ4n) is 2.43. The van der Waals surface area contributed by atoms with Gasteiger partial charge in [0.2, 0.25) is 5.89 Å². The molecule has 3 atom stereocenters. The molecule has 1 saturated carbocycles. The van der Waals surface area contributed by atoms with Crippen LogP contribution < -0.4 is 5.73 Å². The van der Waals surface area contributed by atoms with Crippen LogP contribution in [0.5, 0.6) is 0 Å². The van der Waals surface area contributed by atoms with Crippen LogP contribution in [0.3, 0.4) is 0 Å². The van der Waals surface area contributed by atoms with Gasteiger partial charge in [0.25, 0.3) is 0 Å². The van der Waals surface area contributed by atoms with Crippen LogP contribution in [0.25, 0.3) is 0 Å². The molecule has 7 heteroatoms. The zero-order valence-corrected chi connectivity index (χ0v) is 10.8. The van der Waals surface area contributed by atoms with Crippen LogP contribution in [0.1, 0.15) is 56.2 Å². The fraction of sp³-hybridized carbons (Fsp3) is 0.833. The Morgan fingerprint density at radius 1 is 1.42 bits per heavy atom. The summed E-state index contributed by atoms with van der Waals surface area (Å²) < 4.78 is 43.3. The van der Waals surface area contributed by atoms with Gasteiger partial charge in [-0.1, -0.05) is 18.5 Å². The molecular weight excluding hydrogens is 259 g/mol. The Labute approximate surface area is 109 Å². The second-order valence-corrected chi connectivity index (χ2v) is 5.23. The van der Waals surface area contributed by atoms with Gasteiger partial charge in [-0.15, -0.1) is 0 Å². The number of nitrogens with two attached hydrogens (primary N) is 1. The van der Waals surface area contributed by atoms with Crippen LogP contribution in [0, 0.1) is 5.92 Å². The SMILES string of the molecule is CC(CN)c1noc(C2CCCC(C(F)(F)F)C2)n1. The van der Waals surface area contributed by atoms with Crippen LogP contribution in [0.4, 0.5) is 13.2 Å². The van der Waals surface area contributed by atoms with Crippen molar-refractivity contribution in [3.63, 3.8) is 0 Å². The maximum absolute atomic E-state index is 12.7. The van der Waals surface area contributed by atoms with E-state index in [1.54, 1.807) is 0 Å². The molecule has 0 aliphatic heterocycles. The van der Waals surface area contributed by atoms with E-state index in [9.17, 15) is 13.2 Å². The maximum atomic E-state index is 12.7. The lowest BCUT2D eigenvalue weighted by Crippen LogP contribution is -2.28. The van der Waals surface area contributed by atoms with E-state index in [0.717, 1.165) is 0 Å². The standard InChI is InChI=1S/C12H18F3N3O/c1-7(6-16)10-17-11(19-18-10)8-3-2-4-9(5-8)12(13,14)15/h7-9H,2-6,16H2,1H3. The fourth-order valence-corrected chi connectivity index (χ4v) is 2.43. The van der Waals surface area contributed by atoms with Crippen molar-refractivity contribution in [2.75, 3.05) is 6.54 Å². The highest BCUT2D eigenvalue weighted by atomic mass is 19.4. The number of halogens is 3. The smallest absolute Gasteiger partial charge is 0.339 e. The van der Waals surface area contributed by atoms with E-state index in [-0.39, 0.29) is 24.7 Å². The van der Waals surface area contributed by atoms with Gasteiger partial charge in [0.05, 0.1) is 5.92 Å². The van der Waals surface area contributed by atoms with Crippen molar-refractivity contribution in [3.05, 3.63) is 11.7 Å². The highest BCUT2D eigenvalue weighted by Crippen LogP contribution is 2.43. The highest BCUT2D eigenvalue weighted by molar-refractivity contribution is 5.00. The van der Waals surface area contributed by atoms with Crippen molar-refractivity contribution in [1.29, 1.82) is 0 Å². The third kappa shape index (κ3) is 3.26. The van der Waals surface area contributed by atoms with Crippen molar-refractivity contribution < 1.29 is 17.7 Å². The molecule has 0 spiro atoms. The van der Waals surface area contributed by atoms with Gasteiger partial charge in [0.1, 0.15) is 0 Å². The van der Waals surface area contributed by atoms with Crippen molar-refractivity contribution >= 4 is 0 Å². The third-order valence-electron chi connectivity index (χ3n) is 3.74. The summed E-state index contributed by atoms with van der Waals surface area (Å²) >= 11 is 0. The van der Waals surface area contributed by atoms with Crippen LogP contribution >= 0.6 is 0 Å². The van der Waals surface area contributed by atoms with Crippen molar-refractivity contribution in [3.8, 4) is 0 Å². The minimum atomic E-state index is -4.13. The average molecular weight is 277 g/mol. The highest BCUT2D eigenvalue weighted by Gasteiger charge is 2.43. The molecule has 2 rings (SSSR count). The van der Waals surface area contributed by atoms with Crippen molar-refractivity contribution in [1.82, 2.24) is 10.1 Å². The summed E-state index contributed by atoms with van der Waals surface area (Å²) in [4.78, 5) is 4.20. The Bertz CT molecular complexity index is 419. The lowest BCUT2D eigenvalue weighted by Gasteiger charge is -2.28. The first-order valence-corrected chi connectivity index (χ1v) is 6.52. The molecule has 0 bridgehead atoms. The monoisotopic (exact) mass is 277 g/mol. The number of hydrogen-bond donors (Lipinski definition) is 1. The summed E-state index contributed by atoms with van der Waals surface area (Å²) in [6.07, 6.45) is -2.68. The molecule has 0 saturated heterocycles. The lowest BCUT2D eigenvalue weighted by molar-refractivity contribution is -0.183. The summed E-state index contributed by atoms with van der Waals surface area (Å²) in [7, 11) is 0. The van der Waals surface area contributed by atoms with Gasteiger partial charge < -0.3 is 10.3 Å². The number of nitrogens with zero attached hydrogens (tertiary/aromatic N) is 2. The van der Waals surface area contributed by atoms with E-state index in [4.69, 9.17) is 10.3 Å². The molecular formula is C12H18F3N3O. The normalized spacial score (nSPS) is 26.4. The second kappa shape index (κ2) is 5.48. The summed E-state index contributed by atoms with van der Waals surface area (Å²) in [5, 5.41) is 3.80. The maximum Gasteiger partial charge on any atom is 0.391 e. The predicted molar refractivity (Wildman–Crippen MR) is 62.5 cm³/mol. The molecule has 3 unspecified atom stereocenters. The van der Waals surface area contributed by atoms with E-state index in [1.165, 1.54) is 0 Å².